The van der Waals surface area contributed by atoms with Gasteiger partial charge in [-0.3, -0.25) is 9.59 Å². The first-order chi connectivity index (χ1) is 16.4. The van der Waals surface area contributed by atoms with Crippen LogP contribution in [0.25, 0.3) is 5.76 Å². The van der Waals surface area contributed by atoms with Crippen molar-refractivity contribution in [3.8, 4) is 11.5 Å². The van der Waals surface area contributed by atoms with Crippen molar-refractivity contribution >= 4 is 17.4 Å². The average Bonchev–Trinajstić information content (AvgIpc) is 3.33. The van der Waals surface area contributed by atoms with Crippen LogP contribution in [0.2, 0.25) is 0 Å². The highest BCUT2D eigenvalue weighted by Crippen LogP contribution is 2.41. The van der Waals surface area contributed by atoms with Gasteiger partial charge in [0.05, 0.1) is 11.6 Å². The van der Waals surface area contributed by atoms with E-state index < -0.39 is 17.7 Å². The minimum absolute atomic E-state index is 0.0230. The summed E-state index contributed by atoms with van der Waals surface area (Å²) in [5, 5.41) is 21.4. The first-order valence-corrected chi connectivity index (χ1v) is 11.3. The molecule has 2 aliphatic rings. The number of hydrogen-bond acceptors (Lipinski definition) is 5. The Bertz CT molecular complexity index is 1300. The Morgan fingerprint density at radius 3 is 2.59 bits per heavy atom. The van der Waals surface area contributed by atoms with Crippen molar-refractivity contribution in [1.82, 2.24) is 4.90 Å². The summed E-state index contributed by atoms with van der Waals surface area (Å²) in [6.45, 7) is 2.26. The second-order valence-electron chi connectivity index (χ2n) is 8.78. The number of Topliss-reactive ketones (excluding diaryl/α,β-unsaturated/α-hetero) is 1. The van der Waals surface area contributed by atoms with E-state index in [1.807, 2.05) is 43.3 Å². The highest BCUT2D eigenvalue weighted by Gasteiger charge is 2.46. The topological polar surface area (TPSA) is 87.1 Å². The first-order valence-electron chi connectivity index (χ1n) is 11.3. The molecule has 0 aromatic heterocycles. The maximum Gasteiger partial charge on any atom is 0.295 e. The molecule has 3 aromatic carbocycles. The third-order valence-corrected chi connectivity index (χ3v) is 6.38. The molecule has 0 saturated carbocycles. The number of amides is 1. The number of ether oxygens (including phenoxy) is 1. The summed E-state index contributed by atoms with van der Waals surface area (Å²) in [5.74, 6) is -0.837. The third kappa shape index (κ3) is 3.92. The van der Waals surface area contributed by atoms with Crippen molar-refractivity contribution in [1.29, 1.82) is 0 Å². The fraction of sp³-hybridized carbons (Fsp3) is 0.214. The van der Waals surface area contributed by atoms with Crippen LogP contribution >= 0.6 is 0 Å². The van der Waals surface area contributed by atoms with Crippen molar-refractivity contribution in [2.75, 3.05) is 6.54 Å². The van der Waals surface area contributed by atoms with Gasteiger partial charge in [0.1, 0.15) is 23.4 Å². The zero-order valence-electron chi connectivity index (χ0n) is 18.8. The van der Waals surface area contributed by atoms with Gasteiger partial charge < -0.3 is 19.8 Å². The van der Waals surface area contributed by atoms with Crippen molar-refractivity contribution < 1.29 is 24.5 Å². The summed E-state index contributed by atoms with van der Waals surface area (Å²) in [6.07, 6.45) is 1.30. The summed E-state index contributed by atoms with van der Waals surface area (Å²) < 4.78 is 5.75. The number of carbonyl (C=O) groups is 2. The number of ketones is 1. The number of rotatable bonds is 5. The van der Waals surface area contributed by atoms with Crippen LogP contribution in [0.3, 0.4) is 0 Å². The molecule has 6 heteroatoms. The highest BCUT2D eigenvalue weighted by atomic mass is 16.5. The first kappa shape index (κ1) is 21.8. The summed E-state index contributed by atoms with van der Waals surface area (Å²) in [7, 11) is 0. The van der Waals surface area contributed by atoms with Crippen molar-refractivity contribution in [3.63, 3.8) is 0 Å². The molecule has 0 bridgehead atoms. The van der Waals surface area contributed by atoms with Crippen LogP contribution in [0, 0.1) is 0 Å². The van der Waals surface area contributed by atoms with Gasteiger partial charge in [0.2, 0.25) is 0 Å². The van der Waals surface area contributed by atoms with Crippen LogP contribution in [0.1, 0.15) is 35.2 Å². The smallest absolute Gasteiger partial charge is 0.295 e. The Kier molecular flexibility index (Phi) is 5.57. The molecule has 1 saturated heterocycles. The van der Waals surface area contributed by atoms with Crippen LogP contribution < -0.4 is 4.74 Å². The molecule has 1 fully saturated rings. The second kappa shape index (κ2) is 8.71. The van der Waals surface area contributed by atoms with E-state index in [1.54, 1.807) is 24.3 Å². The molecular weight excluding hydrogens is 430 g/mol. The molecule has 6 nitrogen and oxygen atoms in total. The van der Waals surface area contributed by atoms with Gasteiger partial charge in [0.15, 0.2) is 0 Å². The third-order valence-electron chi connectivity index (χ3n) is 6.38. The van der Waals surface area contributed by atoms with Gasteiger partial charge in [0.25, 0.3) is 11.7 Å². The Labute approximate surface area is 197 Å². The Morgan fingerprint density at radius 2 is 1.82 bits per heavy atom. The number of nitrogens with zero attached hydrogens (tertiary/aromatic N) is 1. The molecular formula is C28H25NO5. The molecule has 34 heavy (non-hydrogen) atoms. The number of carbonyl (C=O) groups excluding carboxylic acids is 2. The molecule has 0 unspecified atom stereocenters. The van der Waals surface area contributed by atoms with Gasteiger partial charge in [-0.15, -0.1) is 0 Å². The summed E-state index contributed by atoms with van der Waals surface area (Å²) in [4.78, 5) is 27.8. The van der Waals surface area contributed by atoms with Gasteiger partial charge in [-0.1, -0.05) is 42.5 Å². The molecule has 3 aromatic rings. The average molecular weight is 456 g/mol. The van der Waals surface area contributed by atoms with E-state index in [9.17, 15) is 19.8 Å². The number of hydrogen-bond donors (Lipinski definition) is 2. The van der Waals surface area contributed by atoms with Crippen LogP contribution in [0.5, 0.6) is 11.5 Å². The van der Waals surface area contributed by atoms with Gasteiger partial charge in [-0.25, -0.2) is 0 Å². The summed E-state index contributed by atoms with van der Waals surface area (Å²) in [5.41, 5.74) is 3.03. The number of likely N-dealkylation sites (tertiary alicyclic amines) is 1. The van der Waals surface area contributed by atoms with Crippen molar-refractivity contribution in [2.24, 2.45) is 0 Å². The molecule has 2 atom stereocenters. The minimum Gasteiger partial charge on any atom is -0.508 e. The molecule has 2 N–H and O–H groups in total. The molecule has 5 rings (SSSR count). The van der Waals surface area contributed by atoms with Gasteiger partial charge >= 0.3 is 0 Å². The molecule has 2 heterocycles. The van der Waals surface area contributed by atoms with Gasteiger partial charge in [0, 0.05) is 18.5 Å². The monoisotopic (exact) mass is 455 g/mol. The number of phenolic OH excluding ortho intramolecular Hbond substituents is 1. The maximum absolute atomic E-state index is 13.2. The lowest BCUT2D eigenvalue weighted by Crippen LogP contribution is -2.31. The SMILES string of the molecule is C[C@@H]1Cc2cc(C(O)=C3C(=O)C(=O)N(CCc4ccccc4)[C@H]3c3cccc(O)c3)ccc2O1. The number of aliphatic hydroxyl groups excluding tert-OH is 1. The lowest BCUT2D eigenvalue weighted by molar-refractivity contribution is -0.139. The Hall–Kier alpha value is -4.06. The predicted molar refractivity (Wildman–Crippen MR) is 127 cm³/mol. The largest absolute Gasteiger partial charge is 0.508 e. The molecule has 0 radical (unpaired) electrons. The lowest BCUT2D eigenvalue weighted by atomic mass is 9.94. The molecule has 2 aliphatic heterocycles. The zero-order valence-corrected chi connectivity index (χ0v) is 18.8. The molecule has 1 amide bonds. The van der Waals surface area contributed by atoms with E-state index in [2.05, 4.69) is 0 Å². The fourth-order valence-electron chi connectivity index (χ4n) is 4.77. The Morgan fingerprint density at radius 1 is 1.03 bits per heavy atom. The fourth-order valence-corrected chi connectivity index (χ4v) is 4.77. The number of phenols is 1. The second-order valence-corrected chi connectivity index (χ2v) is 8.78. The van der Waals surface area contributed by atoms with E-state index in [0.717, 1.165) is 16.9 Å². The lowest BCUT2D eigenvalue weighted by Gasteiger charge is -2.25. The number of aliphatic hydroxyl groups is 1. The maximum atomic E-state index is 13.2. The van der Waals surface area contributed by atoms with Crippen LogP contribution in [0.15, 0.2) is 78.4 Å². The van der Waals surface area contributed by atoms with Crippen LogP contribution in [-0.4, -0.2) is 39.5 Å². The normalized spacial score (nSPS) is 20.9. The van der Waals surface area contributed by atoms with Gasteiger partial charge in [-0.05, 0) is 60.4 Å². The van der Waals surface area contributed by atoms with E-state index >= 15 is 0 Å². The predicted octanol–water partition coefficient (Wildman–Crippen LogP) is 4.38. The van der Waals surface area contributed by atoms with E-state index in [4.69, 9.17) is 4.74 Å². The summed E-state index contributed by atoms with van der Waals surface area (Å²) >= 11 is 0. The number of benzene rings is 3. The van der Waals surface area contributed by atoms with Crippen LogP contribution in [-0.2, 0) is 22.4 Å². The zero-order chi connectivity index (χ0) is 23.8. The molecule has 0 aliphatic carbocycles. The van der Waals surface area contributed by atoms with E-state index in [1.165, 1.54) is 17.0 Å². The van der Waals surface area contributed by atoms with Gasteiger partial charge in [-0.2, -0.15) is 0 Å². The highest BCUT2D eigenvalue weighted by molar-refractivity contribution is 6.46. The number of fused-ring (bicyclic) bond motifs is 1. The van der Waals surface area contributed by atoms with Crippen molar-refractivity contribution in [2.45, 2.75) is 31.9 Å². The molecule has 172 valence electrons. The van der Waals surface area contributed by atoms with Crippen molar-refractivity contribution in [3.05, 3.63) is 101 Å². The summed E-state index contributed by atoms with van der Waals surface area (Å²) in [6, 6.07) is 20.7. The minimum atomic E-state index is -0.806. The molecule has 0 spiro atoms. The number of aromatic hydroxyl groups is 1. The quantitative estimate of drug-likeness (QED) is 0.339. The van der Waals surface area contributed by atoms with E-state index in [-0.39, 0.29) is 23.2 Å². The Balaban J connectivity index is 1.58. The standard InChI is InChI=1S/C28H25NO5/c1-17-14-21-15-20(10-11-23(21)34-17)26(31)24-25(19-8-5-9-22(30)16-19)29(28(33)27(24)32)13-12-18-6-3-2-4-7-18/h2-11,15-17,25,30-31H,12-14H2,1H3/t17-,25+/m1/s1. The van der Waals surface area contributed by atoms with Crippen LogP contribution in [0.4, 0.5) is 0 Å². The van der Waals surface area contributed by atoms with E-state index in [0.29, 0.717) is 30.5 Å².